The summed E-state index contributed by atoms with van der Waals surface area (Å²) in [7, 11) is 13.1. The van der Waals surface area contributed by atoms with E-state index >= 15 is 0 Å². The topological polar surface area (TPSA) is 0 Å². The lowest BCUT2D eigenvalue weighted by Crippen LogP contribution is -2.70. The van der Waals surface area contributed by atoms with Gasteiger partial charge in [-0.3, -0.25) is 0 Å². The minimum absolute atomic E-state index is 0.316. The second kappa shape index (κ2) is 2.91. The molecular weight excluding hydrogens is 214 g/mol. The molecule has 0 N–H and O–H groups in total. The molecule has 0 spiro atoms. The lowest BCUT2D eigenvalue weighted by atomic mass is 9.22. The highest BCUT2D eigenvalue weighted by molar-refractivity contribution is 6.40. The first-order valence-corrected chi connectivity index (χ1v) is 8.08. The van der Waals surface area contributed by atoms with Crippen LogP contribution in [0, 0.1) is 46.8 Å². The Bertz CT molecular complexity index is 386. The van der Waals surface area contributed by atoms with Crippen LogP contribution in [-0.2, 0) is 0 Å². The van der Waals surface area contributed by atoms with Gasteiger partial charge in [-0.25, -0.2) is 0 Å². The van der Waals surface area contributed by atoms with Crippen LogP contribution in [0.25, 0.3) is 0 Å². The largest absolute Gasteiger partial charge is 0.0957 e. The Labute approximate surface area is 113 Å². The summed E-state index contributed by atoms with van der Waals surface area (Å²) in [6, 6.07) is 0. The fraction of sp³-hybridized carbons (Fsp3) is 1.00. The van der Waals surface area contributed by atoms with Crippen LogP contribution in [0.4, 0.5) is 0 Å². The van der Waals surface area contributed by atoms with Crippen molar-refractivity contribution < 1.29 is 0 Å². The molecule has 8 bridgehead atoms. The summed E-state index contributed by atoms with van der Waals surface area (Å²) < 4.78 is 0. The lowest BCUT2D eigenvalue weighted by Gasteiger charge is -2.78. The Balaban J connectivity index is 1.72. The van der Waals surface area contributed by atoms with E-state index in [1.54, 1.807) is 6.42 Å². The number of hydrogen-bond acceptors (Lipinski definition) is 0. The van der Waals surface area contributed by atoms with Gasteiger partial charge < -0.3 is 0 Å². The average molecular weight is 236 g/mol. The first kappa shape index (κ1) is 10.9. The summed E-state index contributed by atoms with van der Waals surface area (Å²) in [4.78, 5) is 0. The van der Waals surface area contributed by atoms with Gasteiger partial charge in [0.1, 0.15) is 0 Å². The molecule has 4 radical (unpaired) electrons. The molecule has 0 amide bonds. The molecule has 0 aromatic rings. The third-order valence-electron chi connectivity index (χ3n) is 8.08. The molecule has 18 heavy (non-hydrogen) atoms. The lowest BCUT2D eigenvalue weighted by molar-refractivity contribution is -0.260. The molecule has 4 atom stereocenters. The minimum Gasteiger partial charge on any atom is -0.0957 e. The highest BCUT2D eigenvalue weighted by Crippen LogP contribution is 2.79. The van der Waals surface area contributed by atoms with Crippen LogP contribution < -0.4 is 0 Å². The predicted octanol–water partition coefficient (Wildman–Crippen LogP) is 3.17. The van der Waals surface area contributed by atoms with E-state index in [4.69, 9.17) is 15.7 Å². The molecule has 0 aromatic carbocycles. The summed E-state index contributed by atoms with van der Waals surface area (Å²) in [5, 5.41) is -0.439. The van der Waals surface area contributed by atoms with Gasteiger partial charge in [0, 0.05) is 0 Å². The van der Waals surface area contributed by atoms with E-state index in [-0.39, 0.29) is 0 Å². The van der Waals surface area contributed by atoms with Gasteiger partial charge in [-0.2, -0.15) is 0 Å². The maximum absolute atomic E-state index is 6.56. The van der Waals surface area contributed by atoms with E-state index in [0.29, 0.717) is 5.41 Å². The van der Waals surface area contributed by atoms with Crippen LogP contribution in [0.1, 0.15) is 45.4 Å². The van der Waals surface area contributed by atoms with Crippen molar-refractivity contribution in [3.8, 4) is 0 Å². The van der Waals surface area contributed by atoms with Crippen molar-refractivity contribution in [2.45, 2.75) is 50.7 Å². The zero-order valence-electron chi connectivity index (χ0n) is 11.4. The molecule has 7 aliphatic rings. The van der Waals surface area contributed by atoms with Gasteiger partial charge in [0.05, 0.1) is 15.7 Å². The quantitative estimate of drug-likeness (QED) is 0.613. The van der Waals surface area contributed by atoms with Gasteiger partial charge >= 0.3 is 0 Å². The van der Waals surface area contributed by atoms with Crippen molar-refractivity contribution >= 4 is 15.7 Å². The Kier molecular flexibility index (Phi) is 1.76. The maximum Gasteiger partial charge on any atom is 0.0624 e. The van der Waals surface area contributed by atoms with Crippen LogP contribution >= 0.6 is 0 Å². The predicted molar refractivity (Wildman–Crippen MR) is 74.4 cm³/mol. The fourth-order valence-corrected chi connectivity index (χ4v) is 7.97. The summed E-state index contributed by atoms with van der Waals surface area (Å²) in [6.45, 7) is 2.14. The zero-order valence-corrected chi connectivity index (χ0v) is 11.4. The Morgan fingerprint density at radius 3 is 1.94 bits per heavy atom. The van der Waals surface area contributed by atoms with Crippen molar-refractivity contribution in [3.05, 3.63) is 0 Å². The fourth-order valence-electron chi connectivity index (χ4n) is 7.97. The van der Waals surface area contributed by atoms with Crippen molar-refractivity contribution in [2.75, 3.05) is 0 Å². The molecule has 7 fully saturated rings. The number of rotatable bonds is 1. The number of hydrogen-bond donors (Lipinski definition) is 0. The van der Waals surface area contributed by atoms with Crippen LogP contribution in [0.3, 0.4) is 0 Å². The van der Waals surface area contributed by atoms with Crippen LogP contribution in [0.2, 0.25) is 5.21 Å². The SMILES string of the molecule is [B]C([B])(C)C12CC3CC4C5CC(CC41)CC2C5C3. The highest BCUT2D eigenvalue weighted by Gasteiger charge is 2.71. The second-order valence-electron chi connectivity index (χ2n) is 8.64. The van der Waals surface area contributed by atoms with Crippen molar-refractivity contribution in [2.24, 2.45) is 46.8 Å². The van der Waals surface area contributed by atoms with Crippen molar-refractivity contribution in [3.63, 3.8) is 0 Å². The second-order valence-corrected chi connectivity index (χ2v) is 8.64. The Morgan fingerprint density at radius 1 is 0.833 bits per heavy atom. The van der Waals surface area contributed by atoms with E-state index in [1.807, 2.05) is 0 Å². The minimum atomic E-state index is -0.439. The molecular formula is C16H22B2. The molecule has 7 rings (SSSR count). The van der Waals surface area contributed by atoms with Crippen LogP contribution in [0.15, 0.2) is 0 Å². The van der Waals surface area contributed by atoms with Gasteiger partial charge in [0.15, 0.2) is 0 Å². The summed E-state index contributed by atoms with van der Waals surface area (Å²) in [5.74, 6) is 6.83. The third-order valence-corrected chi connectivity index (χ3v) is 8.08. The van der Waals surface area contributed by atoms with Gasteiger partial charge in [0.25, 0.3) is 0 Å². The van der Waals surface area contributed by atoms with Crippen LogP contribution in [0.5, 0.6) is 0 Å². The van der Waals surface area contributed by atoms with E-state index in [0.717, 1.165) is 41.4 Å². The first-order chi connectivity index (χ1) is 8.50. The molecule has 0 nitrogen and oxygen atoms in total. The van der Waals surface area contributed by atoms with Gasteiger partial charge in [-0.15, -0.1) is 0 Å². The van der Waals surface area contributed by atoms with Gasteiger partial charge in [-0.05, 0) is 85.4 Å². The van der Waals surface area contributed by atoms with Crippen molar-refractivity contribution in [1.29, 1.82) is 0 Å². The van der Waals surface area contributed by atoms with E-state index < -0.39 is 5.21 Å². The molecule has 4 unspecified atom stereocenters. The Morgan fingerprint density at radius 2 is 1.39 bits per heavy atom. The molecule has 2 heteroatoms. The molecule has 7 aliphatic carbocycles. The maximum atomic E-state index is 6.56. The molecule has 7 saturated carbocycles. The average Bonchev–Trinajstić information content (AvgIpc) is 2.33. The normalized spacial score (nSPS) is 63.7. The third kappa shape index (κ3) is 0.957. The standard InChI is InChI=1S/C16H22B2/c1-15(17,18)16-7-9-3-11-10-2-8(5-13(11)16)6-14(16)12(10)4-9/h8-14H,2-7H2,1H3. The summed E-state index contributed by atoms with van der Waals surface area (Å²) in [6.07, 6.45) is 8.86. The summed E-state index contributed by atoms with van der Waals surface area (Å²) in [5.41, 5.74) is 0.316. The summed E-state index contributed by atoms with van der Waals surface area (Å²) >= 11 is 0. The monoisotopic (exact) mass is 236 g/mol. The Hall–Kier alpha value is 0.130. The van der Waals surface area contributed by atoms with E-state index in [1.165, 1.54) is 32.1 Å². The van der Waals surface area contributed by atoms with E-state index in [2.05, 4.69) is 6.92 Å². The van der Waals surface area contributed by atoms with Crippen molar-refractivity contribution in [1.82, 2.24) is 0 Å². The molecule has 0 aliphatic heterocycles. The van der Waals surface area contributed by atoms with Gasteiger partial charge in [0.2, 0.25) is 0 Å². The van der Waals surface area contributed by atoms with E-state index in [9.17, 15) is 0 Å². The molecule has 0 saturated heterocycles. The molecule has 92 valence electrons. The van der Waals surface area contributed by atoms with Crippen LogP contribution in [-0.4, -0.2) is 15.7 Å². The first-order valence-electron chi connectivity index (χ1n) is 8.08. The smallest absolute Gasteiger partial charge is 0.0624 e. The highest BCUT2D eigenvalue weighted by atomic mass is 14.8. The molecule has 0 aromatic heterocycles. The zero-order chi connectivity index (χ0) is 12.3. The molecule has 0 heterocycles. The van der Waals surface area contributed by atoms with Gasteiger partial charge in [-0.1, -0.05) is 12.1 Å².